The Bertz CT molecular complexity index is 876. The number of rotatable bonds is 6. The molecule has 23 heavy (non-hydrogen) atoms. The maximum absolute atomic E-state index is 11.1. The quantitative estimate of drug-likeness (QED) is 0.519. The zero-order valence-corrected chi connectivity index (χ0v) is 13.5. The highest BCUT2D eigenvalue weighted by Crippen LogP contribution is 2.17. The zero-order chi connectivity index (χ0) is 16.3. The van der Waals surface area contributed by atoms with Crippen LogP contribution in [0.15, 0.2) is 52.8 Å². The number of nitrogens with zero attached hydrogens (tertiary/aromatic N) is 4. The van der Waals surface area contributed by atoms with Gasteiger partial charge in [0.05, 0.1) is 11.5 Å². The molecule has 2 N–H and O–H groups in total. The first kappa shape index (κ1) is 15.7. The van der Waals surface area contributed by atoms with Crippen molar-refractivity contribution in [3.05, 3.63) is 42.7 Å². The molecule has 2 aromatic heterocycles. The number of nitrogens with two attached hydrogens (primary N) is 1. The zero-order valence-electron chi connectivity index (χ0n) is 11.9. The van der Waals surface area contributed by atoms with Crippen molar-refractivity contribution in [1.29, 1.82) is 0 Å². The van der Waals surface area contributed by atoms with Crippen molar-refractivity contribution in [2.45, 2.75) is 10.1 Å². The van der Waals surface area contributed by atoms with Crippen molar-refractivity contribution in [1.82, 2.24) is 19.6 Å². The minimum atomic E-state index is -3.68. The maximum Gasteiger partial charge on any atom is 0.253 e. The van der Waals surface area contributed by atoms with Gasteiger partial charge in [0.2, 0.25) is 15.2 Å². The van der Waals surface area contributed by atoms with E-state index in [1.54, 1.807) is 35.1 Å². The summed E-state index contributed by atoms with van der Waals surface area (Å²) in [6.45, 7) is 0.433. The second-order valence-corrected chi connectivity index (χ2v) is 7.10. The van der Waals surface area contributed by atoms with Gasteiger partial charge in [0.15, 0.2) is 0 Å². The molecule has 0 saturated heterocycles. The molecule has 0 bridgehead atoms. The van der Waals surface area contributed by atoms with Crippen molar-refractivity contribution in [3.8, 4) is 5.75 Å². The van der Waals surface area contributed by atoms with Crippen LogP contribution in [-0.2, 0) is 10.0 Å². The molecule has 0 aliphatic carbocycles. The predicted octanol–water partition coefficient (Wildman–Crippen LogP) is 0.943. The molecule has 120 valence electrons. The van der Waals surface area contributed by atoms with E-state index in [0.717, 1.165) is 0 Å². The van der Waals surface area contributed by atoms with Gasteiger partial charge >= 0.3 is 0 Å². The van der Waals surface area contributed by atoms with Gasteiger partial charge < -0.3 is 4.74 Å². The third-order valence-electron chi connectivity index (χ3n) is 2.83. The monoisotopic (exact) mass is 351 g/mol. The molecular formula is C13H13N5O3S2. The Morgan fingerprint density at radius 1 is 1.26 bits per heavy atom. The number of sulfonamides is 1. The molecule has 1 aromatic carbocycles. The van der Waals surface area contributed by atoms with Crippen molar-refractivity contribution >= 4 is 27.6 Å². The molecule has 0 radical (unpaired) electrons. The highest BCUT2D eigenvalue weighted by molar-refractivity contribution is 7.99. The fourth-order valence-electron chi connectivity index (χ4n) is 1.79. The van der Waals surface area contributed by atoms with Crippen LogP contribution in [-0.4, -0.2) is 40.4 Å². The van der Waals surface area contributed by atoms with Crippen LogP contribution in [0, 0.1) is 0 Å². The van der Waals surface area contributed by atoms with Crippen LogP contribution in [0.4, 0.5) is 0 Å². The lowest BCUT2D eigenvalue weighted by Gasteiger charge is -2.05. The van der Waals surface area contributed by atoms with Gasteiger partial charge in [0.1, 0.15) is 5.75 Å². The summed E-state index contributed by atoms with van der Waals surface area (Å²) >= 11 is 1.45. The number of benzene rings is 1. The molecule has 3 aromatic rings. The van der Waals surface area contributed by atoms with Crippen LogP contribution in [0.25, 0.3) is 5.78 Å². The first-order chi connectivity index (χ1) is 11.0. The SMILES string of the molecule is NS(=O)(=O)c1ccc(OCCSc2nc3ncccn3n2)cc1. The van der Waals surface area contributed by atoms with Crippen molar-refractivity contribution in [3.63, 3.8) is 0 Å². The number of hydrogen-bond donors (Lipinski definition) is 1. The van der Waals surface area contributed by atoms with Crippen LogP contribution < -0.4 is 9.88 Å². The van der Waals surface area contributed by atoms with Crippen molar-refractivity contribution in [2.75, 3.05) is 12.4 Å². The lowest BCUT2D eigenvalue weighted by molar-refractivity contribution is 0.343. The summed E-state index contributed by atoms with van der Waals surface area (Å²) in [6.07, 6.45) is 3.44. The molecule has 10 heteroatoms. The fraction of sp³-hybridized carbons (Fsp3) is 0.154. The van der Waals surface area contributed by atoms with E-state index in [4.69, 9.17) is 9.88 Å². The number of thioether (sulfide) groups is 1. The Morgan fingerprint density at radius 3 is 2.74 bits per heavy atom. The molecule has 3 rings (SSSR count). The lowest BCUT2D eigenvalue weighted by atomic mass is 10.3. The Labute approximate surface area is 136 Å². The highest BCUT2D eigenvalue weighted by atomic mass is 32.2. The van der Waals surface area contributed by atoms with Crippen molar-refractivity contribution < 1.29 is 13.2 Å². The van der Waals surface area contributed by atoms with Gasteiger partial charge in [0, 0.05) is 18.1 Å². The smallest absolute Gasteiger partial charge is 0.253 e. The molecule has 0 saturated carbocycles. The summed E-state index contributed by atoms with van der Waals surface area (Å²) in [7, 11) is -3.68. The molecule has 0 aliphatic rings. The Balaban J connectivity index is 1.51. The number of fused-ring (bicyclic) bond motifs is 1. The normalized spacial score (nSPS) is 11.7. The van der Waals surface area contributed by atoms with Gasteiger partial charge in [-0.2, -0.15) is 4.98 Å². The van der Waals surface area contributed by atoms with Gasteiger partial charge in [0.25, 0.3) is 5.78 Å². The van der Waals surface area contributed by atoms with E-state index in [9.17, 15) is 8.42 Å². The molecule has 0 aliphatic heterocycles. The molecule has 2 heterocycles. The summed E-state index contributed by atoms with van der Waals surface area (Å²) < 4.78 is 29.4. The van der Waals surface area contributed by atoms with E-state index in [-0.39, 0.29) is 4.90 Å². The minimum Gasteiger partial charge on any atom is -0.493 e. The molecular weight excluding hydrogens is 338 g/mol. The van der Waals surface area contributed by atoms with Crippen LogP contribution in [0.2, 0.25) is 0 Å². The van der Waals surface area contributed by atoms with Crippen LogP contribution >= 0.6 is 11.8 Å². The van der Waals surface area contributed by atoms with E-state index < -0.39 is 10.0 Å². The average molecular weight is 351 g/mol. The molecule has 8 nitrogen and oxygen atoms in total. The van der Waals surface area contributed by atoms with Gasteiger partial charge in [-0.25, -0.2) is 23.1 Å². The molecule has 0 spiro atoms. The standard InChI is InChI=1S/C13H13N5O3S2/c14-23(19,20)11-4-2-10(3-5-11)21-8-9-22-13-16-12-15-6-1-7-18(12)17-13/h1-7H,8-9H2,(H2,14,19,20). The van der Waals surface area contributed by atoms with E-state index in [0.29, 0.717) is 29.0 Å². The first-order valence-corrected chi connectivity index (χ1v) is 9.11. The third-order valence-corrected chi connectivity index (χ3v) is 4.56. The summed E-state index contributed by atoms with van der Waals surface area (Å²) in [6, 6.07) is 7.74. The molecule has 0 atom stereocenters. The first-order valence-electron chi connectivity index (χ1n) is 6.58. The Hall–Kier alpha value is -2.17. The van der Waals surface area contributed by atoms with Crippen LogP contribution in [0.3, 0.4) is 0 Å². The summed E-state index contributed by atoms with van der Waals surface area (Å²) in [4.78, 5) is 8.41. The Kier molecular flexibility index (Phi) is 4.46. The number of hydrogen-bond acceptors (Lipinski definition) is 7. The van der Waals surface area contributed by atoms with Crippen molar-refractivity contribution in [2.24, 2.45) is 5.14 Å². The topological polar surface area (TPSA) is 112 Å². The van der Waals surface area contributed by atoms with Crippen LogP contribution in [0.5, 0.6) is 5.75 Å². The van der Waals surface area contributed by atoms with E-state index in [1.165, 1.54) is 23.9 Å². The number of ether oxygens (including phenoxy) is 1. The Morgan fingerprint density at radius 2 is 2.04 bits per heavy atom. The minimum absolute atomic E-state index is 0.0561. The molecule has 0 fully saturated rings. The lowest BCUT2D eigenvalue weighted by Crippen LogP contribution is -2.11. The third kappa shape index (κ3) is 3.97. The largest absolute Gasteiger partial charge is 0.493 e. The molecule has 0 unspecified atom stereocenters. The van der Waals surface area contributed by atoms with Gasteiger partial charge in [-0.15, -0.1) is 5.10 Å². The second kappa shape index (κ2) is 6.52. The van der Waals surface area contributed by atoms with Gasteiger partial charge in [-0.05, 0) is 30.3 Å². The average Bonchev–Trinajstić information content (AvgIpc) is 2.94. The second-order valence-electron chi connectivity index (χ2n) is 4.47. The van der Waals surface area contributed by atoms with E-state index in [1.807, 2.05) is 0 Å². The summed E-state index contributed by atoms with van der Waals surface area (Å²) in [5.74, 6) is 1.77. The van der Waals surface area contributed by atoms with E-state index in [2.05, 4.69) is 15.1 Å². The van der Waals surface area contributed by atoms with E-state index >= 15 is 0 Å². The maximum atomic E-state index is 11.1. The summed E-state index contributed by atoms with van der Waals surface area (Å²) in [5, 5.41) is 9.92. The van der Waals surface area contributed by atoms with Crippen LogP contribution in [0.1, 0.15) is 0 Å². The number of aromatic nitrogens is 4. The highest BCUT2D eigenvalue weighted by Gasteiger charge is 2.07. The predicted molar refractivity (Wildman–Crippen MR) is 84.8 cm³/mol. The van der Waals surface area contributed by atoms with Gasteiger partial charge in [-0.1, -0.05) is 11.8 Å². The molecule has 0 amide bonds. The fourth-order valence-corrected chi connectivity index (χ4v) is 2.95. The van der Waals surface area contributed by atoms with Gasteiger partial charge in [-0.3, -0.25) is 0 Å². The number of primary sulfonamides is 1. The summed E-state index contributed by atoms with van der Waals surface area (Å²) in [5.41, 5.74) is 0.